The van der Waals surface area contributed by atoms with Gasteiger partial charge in [-0.15, -0.1) is 0 Å². The van der Waals surface area contributed by atoms with E-state index in [-0.39, 0.29) is 16.6 Å². The summed E-state index contributed by atoms with van der Waals surface area (Å²) in [5, 5.41) is 3.45. The number of hydrogen-bond acceptors (Lipinski definition) is 5. The zero-order valence-corrected chi connectivity index (χ0v) is 17.0. The van der Waals surface area contributed by atoms with Crippen molar-refractivity contribution >= 4 is 29.4 Å². The fourth-order valence-electron chi connectivity index (χ4n) is 3.56. The highest BCUT2D eigenvalue weighted by Crippen LogP contribution is 2.47. The van der Waals surface area contributed by atoms with E-state index in [2.05, 4.69) is 20.3 Å². The molecule has 30 heavy (non-hydrogen) atoms. The van der Waals surface area contributed by atoms with Crippen LogP contribution in [0.3, 0.4) is 0 Å². The van der Waals surface area contributed by atoms with E-state index in [0.29, 0.717) is 24.9 Å². The summed E-state index contributed by atoms with van der Waals surface area (Å²) in [6, 6.07) is 6.20. The summed E-state index contributed by atoms with van der Waals surface area (Å²) in [6.45, 7) is 1.27. The summed E-state index contributed by atoms with van der Waals surface area (Å²) < 4.78 is 15.2. The van der Waals surface area contributed by atoms with E-state index < -0.39 is 5.82 Å². The van der Waals surface area contributed by atoms with E-state index in [9.17, 15) is 9.18 Å². The van der Waals surface area contributed by atoms with E-state index in [0.717, 1.165) is 24.2 Å². The van der Waals surface area contributed by atoms with Gasteiger partial charge in [-0.2, -0.15) is 4.98 Å². The number of nitrogens with one attached hydrogen (secondary N) is 1. The lowest BCUT2D eigenvalue weighted by Crippen LogP contribution is -2.30. The fourth-order valence-corrected chi connectivity index (χ4v) is 3.74. The van der Waals surface area contributed by atoms with Crippen LogP contribution in [-0.2, 0) is 5.54 Å². The second kappa shape index (κ2) is 6.94. The lowest BCUT2D eigenvalue weighted by Gasteiger charge is -2.18. The normalized spacial score (nSPS) is 17.5. The maximum absolute atomic E-state index is 13.4. The third kappa shape index (κ3) is 3.24. The van der Waals surface area contributed by atoms with Crippen molar-refractivity contribution in [2.45, 2.75) is 18.4 Å². The van der Waals surface area contributed by atoms with Gasteiger partial charge in [0.2, 0.25) is 5.95 Å². The van der Waals surface area contributed by atoms with Crippen LogP contribution in [0.15, 0.2) is 43.0 Å². The van der Waals surface area contributed by atoms with Crippen molar-refractivity contribution in [3.8, 4) is 5.69 Å². The molecule has 1 saturated carbocycles. The highest BCUT2D eigenvalue weighted by atomic mass is 35.5. The fraction of sp³-hybridized carbons (Fsp3) is 0.300. The second-order valence-electron chi connectivity index (χ2n) is 7.57. The Kier molecular flexibility index (Phi) is 4.35. The third-order valence-corrected chi connectivity index (χ3v) is 5.80. The predicted molar refractivity (Wildman–Crippen MR) is 110 cm³/mol. The van der Waals surface area contributed by atoms with Gasteiger partial charge in [0.15, 0.2) is 0 Å². The predicted octanol–water partition coefficient (Wildman–Crippen LogP) is 3.43. The standard InChI is InChI=1S/C20H19ClFN7O/c1-27-8-9-29(19(27)30)17-4-7-23-18(25-17)26-20(5-6-20)16-11-28(12-24-16)13-2-3-15(22)14(21)10-13/h2-4,7,10-12H,5-6,8-9H2,1H3,(H,23,25,26). The molecule has 154 valence electrons. The first-order chi connectivity index (χ1) is 14.4. The van der Waals surface area contributed by atoms with Crippen molar-refractivity contribution in [3.63, 3.8) is 0 Å². The summed E-state index contributed by atoms with van der Waals surface area (Å²) in [4.78, 5) is 28.9. The van der Waals surface area contributed by atoms with Gasteiger partial charge in [0.25, 0.3) is 0 Å². The summed E-state index contributed by atoms with van der Waals surface area (Å²) in [7, 11) is 1.77. The zero-order valence-electron chi connectivity index (χ0n) is 16.2. The molecule has 2 fully saturated rings. The molecule has 10 heteroatoms. The molecular weight excluding hydrogens is 409 g/mol. The largest absolute Gasteiger partial charge is 0.343 e. The zero-order chi connectivity index (χ0) is 20.9. The molecule has 1 aliphatic carbocycles. The van der Waals surface area contributed by atoms with Crippen LogP contribution in [0.5, 0.6) is 0 Å². The number of hydrogen-bond donors (Lipinski definition) is 1. The monoisotopic (exact) mass is 427 g/mol. The summed E-state index contributed by atoms with van der Waals surface area (Å²) in [6.07, 6.45) is 6.98. The topological polar surface area (TPSA) is 79.2 Å². The van der Waals surface area contributed by atoms with Crippen molar-refractivity contribution in [1.82, 2.24) is 24.4 Å². The molecule has 5 rings (SSSR count). The molecule has 1 aliphatic heterocycles. The van der Waals surface area contributed by atoms with E-state index in [1.807, 2.05) is 6.20 Å². The van der Waals surface area contributed by atoms with Gasteiger partial charge >= 0.3 is 6.03 Å². The molecule has 1 N–H and O–H groups in total. The summed E-state index contributed by atoms with van der Waals surface area (Å²) in [5.74, 6) is 0.566. The van der Waals surface area contributed by atoms with Crippen LogP contribution < -0.4 is 10.2 Å². The number of halogens is 2. The molecule has 2 aliphatic rings. The smallest absolute Gasteiger partial charge is 0.325 e. The Morgan fingerprint density at radius 1 is 1.20 bits per heavy atom. The number of benzene rings is 1. The van der Waals surface area contributed by atoms with E-state index in [1.54, 1.807) is 52.1 Å². The van der Waals surface area contributed by atoms with Crippen molar-refractivity contribution in [2.24, 2.45) is 0 Å². The van der Waals surface area contributed by atoms with Gasteiger partial charge in [0, 0.05) is 38.2 Å². The number of anilines is 2. The van der Waals surface area contributed by atoms with Gasteiger partial charge in [0.1, 0.15) is 11.6 Å². The average Bonchev–Trinajstić information content (AvgIpc) is 3.19. The van der Waals surface area contributed by atoms with Gasteiger partial charge in [-0.25, -0.2) is 19.2 Å². The van der Waals surface area contributed by atoms with E-state index in [4.69, 9.17) is 11.6 Å². The molecule has 2 aromatic heterocycles. The quantitative estimate of drug-likeness (QED) is 0.674. The number of likely N-dealkylation sites (N-methyl/N-ethyl adjacent to an activating group) is 1. The van der Waals surface area contributed by atoms with Gasteiger partial charge in [-0.3, -0.25) is 4.90 Å². The highest BCUT2D eigenvalue weighted by Gasteiger charge is 2.47. The number of nitrogens with zero attached hydrogens (tertiary/aromatic N) is 6. The molecule has 2 amide bonds. The Labute approximate surface area is 177 Å². The third-order valence-electron chi connectivity index (χ3n) is 5.51. The summed E-state index contributed by atoms with van der Waals surface area (Å²) in [5.41, 5.74) is 1.21. The Balaban J connectivity index is 1.37. The van der Waals surface area contributed by atoms with Crippen molar-refractivity contribution in [1.29, 1.82) is 0 Å². The van der Waals surface area contributed by atoms with Crippen molar-refractivity contribution < 1.29 is 9.18 Å². The number of carbonyl (C=O) groups excluding carboxylic acids is 1. The maximum atomic E-state index is 13.4. The number of imidazole rings is 1. The molecule has 3 aromatic rings. The van der Waals surface area contributed by atoms with Crippen LogP contribution in [-0.4, -0.2) is 50.6 Å². The molecule has 8 nitrogen and oxygen atoms in total. The first kappa shape index (κ1) is 18.8. The van der Waals surface area contributed by atoms with Crippen LogP contribution in [0, 0.1) is 5.82 Å². The first-order valence-electron chi connectivity index (χ1n) is 9.59. The summed E-state index contributed by atoms with van der Waals surface area (Å²) >= 11 is 5.90. The Morgan fingerprint density at radius 3 is 2.73 bits per heavy atom. The molecule has 0 spiro atoms. The maximum Gasteiger partial charge on any atom is 0.325 e. The van der Waals surface area contributed by atoms with Gasteiger partial charge < -0.3 is 14.8 Å². The van der Waals surface area contributed by atoms with Crippen LogP contribution in [0.1, 0.15) is 18.5 Å². The molecule has 0 radical (unpaired) electrons. The number of carbonyl (C=O) groups is 1. The number of amides is 2. The van der Waals surface area contributed by atoms with Gasteiger partial charge in [-0.05, 0) is 37.1 Å². The minimum Gasteiger partial charge on any atom is -0.343 e. The Morgan fingerprint density at radius 2 is 2.03 bits per heavy atom. The average molecular weight is 428 g/mol. The highest BCUT2D eigenvalue weighted by molar-refractivity contribution is 6.30. The molecule has 0 unspecified atom stereocenters. The Hall–Kier alpha value is -3.20. The lowest BCUT2D eigenvalue weighted by molar-refractivity contribution is 0.229. The molecule has 3 heterocycles. The van der Waals surface area contributed by atoms with Gasteiger partial charge in [-0.1, -0.05) is 11.6 Å². The van der Waals surface area contributed by atoms with E-state index in [1.165, 1.54) is 6.07 Å². The van der Waals surface area contributed by atoms with Crippen LogP contribution >= 0.6 is 11.6 Å². The Bertz CT molecular complexity index is 1130. The minimum atomic E-state index is -0.458. The van der Waals surface area contributed by atoms with Crippen molar-refractivity contribution in [2.75, 3.05) is 30.4 Å². The molecule has 1 aromatic carbocycles. The number of urea groups is 1. The van der Waals surface area contributed by atoms with Crippen LogP contribution in [0.25, 0.3) is 5.69 Å². The SMILES string of the molecule is CN1CCN(c2ccnc(NC3(c4cn(-c5ccc(F)c(Cl)c5)cn4)CC3)n2)C1=O. The molecule has 0 bridgehead atoms. The molecule has 1 saturated heterocycles. The molecule has 0 atom stereocenters. The van der Waals surface area contributed by atoms with Crippen molar-refractivity contribution in [3.05, 3.63) is 59.5 Å². The second-order valence-corrected chi connectivity index (χ2v) is 7.97. The minimum absolute atomic E-state index is 0.0642. The van der Waals surface area contributed by atoms with E-state index >= 15 is 0 Å². The van der Waals surface area contributed by atoms with Gasteiger partial charge in [0.05, 0.1) is 22.6 Å². The first-order valence-corrected chi connectivity index (χ1v) is 9.97. The number of rotatable bonds is 5. The lowest BCUT2D eigenvalue weighted by atomic mass is 10.2. The molecular formula is C20H19ClFN7O. The van der Waals surface area contributed by atoms with Crippen LogP contribution in [0.2, 0.25) is 5.02 Å². The number of aromatic nitrogens is 4. The van der Waals surface area contributed by atoms with Crippen LogP contribution in [0.4, 0.5) is 21.0 Å².